The number of carbonyl (C=O) groups excluding carboxylic acids is 1. The van der Waals surface area contributed by atoms with Gasteiger partial charge in [-0.05, 0) is 31.4 Å². The molecule has 1 aromatic carbocycles. The topological polar surface area (TPSA) is 29.1 Å². The van der Waals surface area contributed by atoms with Gasteiger partial charge in [-0.25, -0.2) is 0 Å². The van der Waals surface area contributed by atoms with Crippen LogP contribution in [0.1, 0.15) is 37.3 Å². The number of anilines is 1. The molecule has 0 saturated carbocycles. The van der Waals surface area contributed by atoms with Crippen LogP contribution in [0.25, 0.3) is 0 Å². The van der Waals surface area contributed by atoms with Crippen molar-refractivity contribution in [2.75, 3.05) is 5.32 Å². The molecule has 1 rings (SSSR count). The Bertz CT molecular complexity index is 370. The zero-order valence-corrected chi connectivity index (χ0v) is 12.3. The van der Waals surface area contributed by atoms with Gasteiger partial charge in [-0.3, -0.25) is 4.79 Å². The summed E-state index contributed by atoms with van der Waals surface area (Å²) in [7, 11) is 0. The van der Waals surface area contributed by atoms with Crippen LogP contribution in [0, 0.1) is 13.8 Å². The van der Waals surface area contributed by atoms with E-state index in [9.17, 15) is 4.79 Å². The highest BCUT2D eigenvalue weighted by molar-refractivity contribution is 9.10. The fourth-order valence-electron chi connectivity index (χ4n) is 1.73. The molecule has 1 aromatic rings. The summed E-state index contributed by atoms with van der Waals surface area (Å²) in [4.78, 5) is 11.9. The molecule has 0 radical (unpaired) electrons. The second kappa shape index (κ2) is 6.80. The minimum atomic E-state index is -0.0959. The minimum absolute atomic E-state index is 0.0517. The summed E-state index contributed by atoms with van der Waals surface area (Å²) in [5.41, 5.74) is 3.15. The van der Waals surface area contributed by atoms with E-state index < -0.39 is 0 Å². The van der Waals surface area contributed by atoms with Crippen molar-refractivity contribution in [2.24, 2.45) is 0 Å². The summed E-state index contributed by atoms with van der Waals surface area (Å²) in [5.74, 6) is 0.0517. The fourth-order valence-corrected chi connectivity index (χ4v) is 2.17. The summed E-state index contributed by atoms with van der Waals surface area (Å²) in [6.45, 7) is 6.15. The van der Waals surface area contributed by atoms with E-state index in [-0.39, 0.29) is 10.7 Å². The number of hydrogen-bond donors (Lipinski definition) is 1. The summed E-state index contributed by atoms with van der Waals surface area (Å²) >= 11 is 3.44. The largest absolute Gasteiger partial charge is 0.325 e. The first-order valence-electron chi connectivity index (χ1n) is 6.07. The average Bonchev–Trinajstić information content (AvgIpc) is 2.30. The molecule has 17 heavy (non-hydrogen) atoms. The molecule has 1 amide bonds. The third-order valence-electron chi connectivity index (χ3n) is 2.82. The van der Waals surface area contributed by atoms with Crippen LogP contribution in [0.4, 0.5) is 5.69 Å². The van der Waals surface area contributed by atoms with Crippen molar-refractivity contribution in [2.45, 2.75) is 44.9 Å². The number of unbranched alkanes of at least 4 members (excludes halogenated alkanes) is 1. The second-order valence-corrected chi connectivity index (χ2v) is 5.47. The predicted molar refractivity (Wildman–Crippen MR) is 76.8 cm³/mol. The lowest BCUT2D eigenvalue weighted by Crippen LogP contribution is -2.23. The van der Waals surface area contributed by atoms with E-state index in [1.54, 1.807) is 0 Å². The Morgan fingerprint density at radius 3 is 2.47 bits per heavy atom. The number of benzene rings is 1. The van der Waals surface area contributed by atoms with Gasteiger partial charge in [-0.1, -0.05) is 53.9 Å². The fraction of sp³-hybridized carbons (Fsp3) is 0.500. The third-order valence-corrected chi connectivity index (χ3v) is 3.70. The van der Waals surface area contributed by atoms with Crippen LogP contribution in [0.3, 0.4) is 0 Å². The molecule has 0 aliphatic carbocycles. The van der Waals surface area contributed by atoms with E-state index in [2.05, 4.69) is 28.2 Å². The summed E-state index contributed by atoms with van der Waals surface area (Å²) in [5, 5.41) is 3.00. The van der Waals surface area contributed by atoms with Crippen molar-refractivity contribution in [1.29, 1.82) is 0 Å². The summed E-state index contributed by atoms with van der Waals surface area (Å²) in [6.07, 6.45) is 3.06. The number of nitrogens with one attached hydrogen (secondary N) is 1. The molecular weight excluding hydrogens is 278 g/mol. The van der Waals surface area contributed by atoms with Crippen LogP contribution < -0.4 is 5.32 Å². The molecule has 0 bridgehead atoms. The molecule has 0 aromatic heterocycles. The second-order valence-electron chi connectivity index (χ2n) is 4.37. The highest BCUT2D eigenvalue weighted by atomic mass is 79.9. The molecule has 1 atom stereocenters. The van der Waals surface area contributed by atoms with Gasteiger partial charge in [0.2, 0.25) is 5.91 Å². The van der Waals surface area contributed by atoms with Gasteiger partial charge in [0.25, 0.3) is 0 Å². The first-order chi connectivity index (χ1) is 8.06. The summed E-state index contributed by atoms with van der Waals surface area (Å²) < 4.78 is 0. The molecule has 2 nitrogen and oxygen atoms in total. The lowest BCUT2D eigenvalue weighted by atomic mass is 10.1. The van der Waals surface area contributed by atoms with Crippen LogP contribution in [0.5, 0.6) is 0 Å². The van der Waals surface area contributed by atoms with Gasteiger partial charge in [0, 0.05) is 5.69 Å². The highest BCUT2D eigenvalue weighted by Gasteiger charge is 2.15. The third kappa shape index (κ3) is 4.15. The average molecular weight is 298 g/mol. The minimum Gasteiger partial charge on any atom is -0.325 e. The maximum Gasteiger partial charge on any atom is 0.238 e. The van der Waals surface area contributed by atoms with E-state index in [1.807, 2.05) is 32.0 Å². The van der Waals surface area contributed by atoms with Crippen molar-refractivity contribution in [3.63, 3.8) is 0 Å². The van der Waals surface area contributed by atoms with Crippen molar-refractivity contribution in [3.05, 3.63) is 29.3 Å². The van der Waals surface area contributed by atoms with Crippen molar-refractivity contribution in [3.8, 4) is 0 Å². The number of aryl methyl sites for hydroxylation is 2. The van der Waals surface area contributed by atoms with Crippen LogP contribution in [-0.4, -0.2) is 10.7 Å². The quantitative estimate of drug-likeness (QED) is 0.811. The van der Waals surface area contributed by atoms with Gasteiger partial charge in [0.15, 0.2) is 0 Å². The van der Waals surface area contributed by atoms with Crippen LogP contribution >= 0.6 is 15.9 Å². The zero-order chi connectivity index (χ0) is 12.8. The highest BCUT2D eigenvalue weighted by Crippen LogP contribution is 2.21. The normalized spacial score (nSPS) is 12.2. The number of amides is 1. The van der Waals surface area contributed by atoms with Gasteiger partial charge in [0.1, 0.15) is 0 Å². The number of alkyl halides is 1. The Balaban J connectivity index is 2.68. The van der Waals surface area contributed by atoms with Gasteiger partial charge >= 0.3 is 0 Å². The Labute approximate surface area is 112 Å². The van der Waals surface area contributed by atoms with E-state index in [1.165, 1.54) is 0 Å². The van der Waals surface area contributed by atoms with Gasteiger partial charge in [0.05, 0.1) is 4.83 Å². The predicted octanol–water partition coefficient (Wildman–Crippen LogP) is 4.20. The van der Waals surface area contributed by atoms with Crippen molar-refractivity contribution < 1.29 is 4.79 Å². The van der Waals surface area contributed by atoms with Crippen molar-refractivity contribution >= 4 is 27.5 Å². The molecule has 0 aliphatic heterocycles. The van der Waals surface area contributed by atoms with E-state index in [0.29, 0.717) is 0 Å². The number of carbonyl (C=O) groups is 1. The number of hydrogen-bond acceptors (Lipinski definition) is 1. The van der Waals surface area contributed by atoms with Crippen LogP contribution in [-0.2, 0) is 4.79 Å². The SMILES string of the molecule is CCCC[C@@H](Br)C(=O)Nc1c(C)cccc1C. The van der Waals surface area contributed by atoms with E-state index >= 15 is 0 Å². The molecule has 1 N–H and O–H groups in total. The van der Waals surface area contributed by atoms with Gasteiger partial charge < -0.3 is 5.32 Å². The van der Waals surface area contributed by atoms with Gasteiger partial charge in [-0.15, -0.1) is 0 Å². The maximum absolute atomic E-state index is 12.0. The van der Waals surface area contributed by atoms with E-state index in [0.717, 1.165) is 36.1 Å². The molecule has 0 aliphatic rings. The number of rotatable bonds is 5. The first-order valence-corrected chi connectivity index (χ1v) is 6.99. The zero-order valence-electron chi connectivity index (χ0n) is 10.7. The monoisotopic (exact) mass is 297 g/mol. The Morgan fingerprint density at radius 1 is 1.35 bits per heavy atom. The molecule has 0 unspecified atom stereocenters. The Hall–Kier alpha value is -0.830. The lowest BCUT2D eigenvalue weighted by Gasteiger charge is -2.14. The number of halogens is 1. The molecule has 94 valence electrons. The first kappa shape index (κ1) is 14.2. The Kier molecular flexibility index (Phi) is 5.69. The smallest absolute Gasteiger partial charge is 0.238 e. The van der Waals surface area contributed by atoms with Crippen LogP contribution in [0.15, 0.2) is 18.2 Å². The molecule has 0 spiro atoms. The number of para-hydroxylation sites is 1. The lowest BCUT2D eigenvalue weighted by molar-refractivity contribution is -0.115. The van der Waals surface area contributed by atoms with E-state index in [4.69, 9.17) is 0 Å². The molecular formula is C14H20BrNO. The standard InChI is InChI=1S/C14H20BrNO/c1-4-5-9-12(15)14(17)16-13-10(2)7-6-8-11(13)3/h6-8,12H,4-5,9H2,1-3H3,(H,16,17)/t12-/m1/s1. The van der Waals surface area contributed by atoms with Crippen molar-refractivity contribution in [1.82, 2.24) is 0 Å². The Morgan fingerprint density at radius 2 is 1.94 bits per heavy atom. The molecule has 0 fully saturated rings. The summed E-state index contributed by atoms with van der Waals surface area (Å²) in [6, 6.07) is 6.03. The molecule has 3 heteroatoms. The molecule has 0 heterocycles. The van der Waals surface area contributed by atoms with Gasteiger partial charge in [-0.2, -0.15) is 0 Å². The maximum atomic E-state index is 12.0. The van der Waals surface area contributed by atoms with Crippen LogP contribution in [0.2, 0.25) is 0 Å². The molecule has 0 saturated heterocycles.